The van der Waals surface area contributed by atoms with Crippen LogP contribution in [0.3, 0.4) is 0 Å². The number of imidazole rings is 1. The zero-order valence-corrected chi connectivity index (χ0v) is 14.8. The minimum absolute atomic E-state index is 0.0348. The number of carbonyl (C=O) groups excluding carboxylic acids is 1. The first-order valence-corrected chi connectivity index (χ1v) is 9.00. The van der Waals surface area contributed by atoms with Gasteiger partial charge in [0.15, 0.2) is 5.13 Å². The van der Waals surface area contributed by atoms with Crippen molar-refractivity contribution in [3.8, 4) is 0 Å². The summed E-state index contributed by atoms with van der Waals surface area (Å²) in [5.41, 5.74) is 0.916. The Labute approximate surface area is 145 Å². The van der Waals surface area contributed by atoms with Crippen molar-refractivity contribution in [3.63, 3.8) is 0 Å². The number of aliphatic hydroxyl groups excluding tert-OH is 1. The summed E-state index contributed by atoms with van der Waals surface area (Å²) in [6, 6.07) is 0. The second kappa shape index (κ2) is 7.42. The Morgan fingerprint density at radius 3 is 2.83 bits per heavy atom. The molecule has 3 rings (SSSR count). The van der Waals surface area contributed by atoms with Gasteiger partial charge in [-0.15, -0.1) is 11.3 Å². The minimum atomic E-state index is -0.542. The van der Waals surface area contributed by atoms with Crippen LogP contribution < -0.4 is 5.32 Å². The van der Waals surface area contributed by atoms with Crippen LogP contribution in [0.4, 0.5) is 5.13 Å². The Balaban J connectivity index is 1.46. The molecule has 1 atom stereocenters. The Morgan fingerprint density at radius 1 is 1.50 bits per heavy atom. The zero-order chi connectivity index (χ0) is 17.1. The standard InChI is InChI=1S/C16H23N5O2S/c1-11-10-24-16(18-11)19-13(22)9-21-6-3-12(4-7-21)14(23)15-17-5-8-20(15)2/h5,8,10,12,14,23H,3-4,6-7,9H2,1-2H3,(H,18,19,22). The van der Waals surface area contributed by atoms with Crippen molar-refractivity contribution >= 4 is 22.4 Å². The molecule has 7 nitrogen and oxygen atoms in total. The molecule has 2 N–H and O–H groups in total. The van der Waals surface area contributed by atoms with Gasteiger partial charge in [-0.05, 0) is 38.8 Å². The molecule has 2 aromatic heterocycles. The van der Waals surface area contributed by atoms with Crippen LogP contribution in [0.2, 0.25) is 0 Å². The molecule has 8 heteroatoms. The molecule has 0 bridgehead atoms. The van der Waals surface area contributed by atoms with Crippen LogP contribution in [0.25, 0.3) is 0 Å². The van der Waals surface area contributed by atoms with E-state index < -0.39 is 6.10 Å². The Kier molecular flexibility index (Phi) is 5.27. The van der Waals surface area contributed by atoms with E-state index in [1.54, 1.807) is 6.20 Å². The number of aliphatic hydroxyl groups is 1. The monoisotopic (exact) mass is 349 g/mol. The maximum Gasteiger partial charge on any atom is 0.240 e. The molecule has 0 spiro atoms. The van der Waals surface area contributed by atoms with Gasteiger partial charge >= 0.3 is 0 Å². The van der Waals surface area contributed by atoms with Crippen LogP contribution in [0.5, 0.6) is 0 Å². The first kappa shape index (κ1) is 17.1. The molecule has 24 heavy (non-hydrogen) atoms. The van der Waals surface area contributed by atoms with Gasteiger partial charge in [-0.25, -0.2) is 9.97 Å². The van der Waals surface area contributed by atoms with E-state index in [1.165, 1.54) is 11.3 Å². The molecule has 1 aliphatic rings. The molecule has 1 saturated heterocycles. The lowest BCUT2D eigenvalue weighted by atomic mass is 9.90. The Hall–Kier alpha value is -1.77. The van der Waals surface area contributed by atoms with Crippen molar-refractivity contribution in [2.45, 2.75) is 25.9 Å². The highest BCUT2D eigenvalue weighted by atomic mass is 32.1. The molecule has 1 aliphatic heterocycles. The summed E-state index contributed by atoms with van der Waals surface area (Å²) in [6.07, 6.45) is 4.73. The van der Waals surface area contributed by atoms with Crippen molar-refractivity contribution in [2.24, 2.45) is 13.0 Å². The lowest BCUT2D eigenvalue weighted by Gasteiger charge is -2.33. The summed E-state index contributed by atoms with van der Waals surface area (Å²) in [5.74, 6) is 0.866. The maximum atomic E-state index is 12.1. The molecule has 3 heterocycles. The van der Waals surface area contributed by atoms with Crippen molar-refractivity contribution in [3.05, 3.63) is 29.3 Å². The second-order valence-corrected chi connectivity index (χ2v) is 7.16. The molecule has 0 aromatic carbocycles. The fourth-order valence-electron chi connectivity index (χ4n) is 3.07. The number of piperidine rings is 1. The lowest BCUT2D eigenvalue weighted by molar-refractivity contribution is -0.117. The van der Waals surface area contributed by atoms with Gasteiger partial charge in [0.1, 0.15) is 11.9 Å². The molecule has 2 aromatic rings. The molecular formula is C16H23N5O2S. The summed E-state index contributed by atoms with van der Waals surface area (Å²) in [4.78, 5) is 22.7. The van der Waals surface area contributed by atoms with Crippen LogP contribution in [0.1, 0.15) is 30.5 Å². The number of amides is 1. The number of aryl methyl sites for hydroxylation is 2. The van der Waals surface area contributed by atoms with Crippen LogP contribution in [-0.4, -0.2) is 50.1 Å². The zero-order valence-electron chi connectivity index (χ0n) is 14.0. The van der Waals surface area contributed by atoms with Crippen molar-refractivity contribution < 1.29 is 9.90 Å². The van der Waals surface area contributed by atoms with E-state index in [0.29, 0.717) is 17.5 Å². The quantitative estimate of drug-likeness (QED) is 0.856. The summed E-state index contributed by atoms with van der Waals surface area (Å²) in [7, 11) is 1.89. The fraction of sp³-hybridized carbons (Fsp3) is 0.562. The van der Waals surface area contributed by atoms with Crippen molar-refractivity contribution in [1.82, 2.24) is 19.4 Å². The molecule has 0 aliphatic carbocycles. The highest BCUT2D eigenvalue weighted by Gasteiger charge is 2.29. The molecule has 1 fully saturated rings. The average molecular weight is 349 g/mol. The van der Waals surface area contributed by atoms with Crippen LogP contribution >= 0.6 is 11.3 Å². The van der Waals surface area contributed by atoms with Crippen molar-refractivity contribution in [1.29, 1.82) is 0 Å². The third-order valence-electron chi connectivity index (χ3n) is 4.43. The van der Waals surface area contributed by atoms with E-state index in [9.17, 15) is 9.90 Å². The lowest BCUT2D eigenvalue weighted by Crippen LogP contribution is -2.40. The number of anilines is 1. The summed E-state index contributed by atoms with van der Waals surface area (Å²) in [6.45, 7) is 3.88. The number of carbonyl (C=O) groups is 1. The molecule has 0 saturated carbocycles. The normalized spacial score (nSPS) is 17.8. The highest BCUT2D eigenvalue weighted by molar-refractivity contribution is 7.13. The van der Waals surface area contributed by atoms with E-state index >= 15 is 0 Å². The van der Waals surface area contributed by atoms with E-state index in [2.05, 4.69) is 20.2 Å². The van der Waals surface area contributed by atoms with Crippen LogP contribution in [-0.2, 0) is 11.8 Å². The molecular weight excluding hydrogens is 326 g/mol. The summed E-state index contributed by atoms with van der Waals surface area (Å²) < 4.78 is 1.86. The molecule has 130 valence electrons. The highest BCUT2D eigenvalue weighted by Crippen LogP contribution is 2.29. The maximum absolute atomic E-state index is 12.1. The van der Waals surface area contributed by atoms with Crippen molar-refractivity contribution in [2.75, 3.05) is 25.0 Å². The van der Waals surface area contributed by atoms with Gasteiger partial charge in [-0.3, -0.25) is 9.69 Å². The third kappa shape index (κ3) is 4.00. The Morgan fingerprint density at radius 2 is 2.25 bits per heavy atom. The minimum Gasteiger partial charge on any atom is -0.385 e. The van der Waals surface area contributed by atoms with Gasteiger partial charge in [0, 0.05) is 24.8 Å². The number of nitrogens with zero attached hydrogens (tertiary/aromatic N) is 4. The first-order valence-electron chi connectivity index (χ1n) is 8.12. The predicted molar refractivity (Wildman–Crippen MR) is 92.8 cm³/mol. The number of nitrogens with one attached hydrogen (secondary N) is 1. The van der Waals surface area contributed by atoms with E-state index in [1.807, 2.05) is 30.1 Å². The van der Waals surface area contributed by atoms with Crippen LogP contribution in [0.15, 0.2) is 17.8 Å². The number of rotatable bonds is 5. The van der Waals surface area contributed by atoms with Gasteiger partial charge in [-0.2, -0.15) is 0 Å². The predicted octanol–water partition coefficient (Wildman–Crippen LogP) is 1.57. The SMILES string of the molecule is Cc1csc(NC(=O)CN2CCC(C(O)c3nccn3C)CC2)n1. The number of hydrogen-bond donors (Lipinski definition) is 2. The molecule has 1 amide bonds. The summed E-state index contributed by atoms with van der Waals surface area (Å²) >= 11 is 1.44. The molecule has 1 unspecified atom stereocenters. The van der Waals surface area contributed by atoms with E-state index in [-0.39, 0.29) is 11.8 Å². The van der Waals surface area contributed by atoms with Gasteiger partial charge in [-0.1, -0.05) is 0 Å². The average Bonchev–Trinajstić information content (AvgIpc) is 3.15. The van der Waals surface area contributed by atoms with Gasteiger partial charge in [0.2, 0.25) is 5.91 Å². The third-order valence-corrected chi connectivity index (χ3v) is 5.31. The van der Waals surface area contributed by atoms with Gasteiger partial charge < -0.3 is 15.0 Å². The Bertz CT molecular complexity index is 690. The second-order valence-electron chi connectivity index (χ2n) is 6.30. The number of aromatic nitrogens is 3. The largest absolute Gasteiger partial charge is 0.385 e. The number of hydrogen-bond acceptors (Lipinski definition) is 6. The number of likely N-dealkylation sites (tertiary alicyclic amines) is 1. The topological polar surface area (TPSA) is 83.3 Å². The van der Waals surface area contributed by atoms with Crippen LogP contribution in [0, 0.1) is 12.8 Å². The first-order chi connectivity index (χ1) is 11.5. The van der Waals surface area contributed by atoms with E-state index in [0.717, 1.165) is 31.6 Å². The van der Waals surface area contributed by atoms with Gasteiger partial charge in [0.05, 0.1) is 12.2 Å². The molecule has 0 radical (unpaired) electrons. The number of thiazole rings is 1. The summed E-state index contributed by atoms with van der Waals surface area (Å²) in [5, 5.41) is 15.9. The smallest absolute Gasteiger partial charge is 0.240 e. The fourth-order valence-corrected chi connectivity index (χ4v) is 3.78. The van der Waals surface area contributed by atoms with E-state index in [4.69, 9.17) is 0 Å². The van der Waals surface area contributed by atoms with Gasteiger partial charge in [0.25, 0.3) is 0 Å².